The van der Waals surface area contributed by atoms with Crippen molar-refractivity contribution >= 4 is 11.7 Å². The molecule has 2 N–H and O–H groups in total. The lowest BCUT2D eigenvalue weighted by molar-refractivity contribution is 0.204. The van der Waals surface area contributed by atoms with Gasteiger partial charge in [-0.3, -0.25) is 0 Å². The van der Waals surface area contributed by atoms with E-state index in [1.807, 2.05) is 29.2 Å². The van der Waals surface area contributed by atoms with E-state index in [4.69, 9.17) is 5.11 Å². The maximum atomic E-state index is 12.3. The van der Waals surface area contributed by atoms with Crippen molar-refractivity contribution in [2.75, 3.05) is 18.5 Å². The number of amides is 2. The summed E-state index contributed by atoms with van der Waals surface area (Å²) in [4.78, 5) is 14.2. The summed E-state index contributed by atoms with van der Waals surface area (Å²) in [6.07, 6.45) is 4.81. The number of anilines is 1. The highest BCUT2D eigenvalue weighted by Gasteiger charge is 2.32. The third-order valence-corrected chi connectivity index (χ3v) is 3.67. The number of urea groups is 1. The molecule has 0 unspecified atom stereocenters. The molecular weight excluding hydrogens is 252 g/mol. The van der Waals surface area contributed by atoms with Crippen molar-refractivity contribution in [3.63, 3.8) is 0 Å². The van der Waals surface area contributed by atoms with Gasteiger partial charge in [0.05, 0.1) is 0 Å². The molecular formula is C16H24N2O2. The Labute approximate surface area is 120 Å². The minimum absolute atomic E-state index is 0.0188. The lowest BCUT2D eigenvalue weighted by atomic mass is 10.1. The zero-order valence-corrected chi connectivity index (χ0v) is 12.1. The van der Waals surface area contributed by atoms with E-state index in [-0.39, 0.29) is 12.6 Å². The van der Waals surface area contributed by atoms with E-state index in [1.54, 1.807) is 0 Å². The van der Waals surface area contributed by atoms with Crippen LogP contribution in [0.15, 0.2) is 24.3 Å². The van der Waals surface area contributed by atoms with Gasteiger partial charge >= 0.3 is 6.03 Å². The molecule has 0 saturated heterocycles. The van der Waals surface area contributed by atoms with Crippen molar-refractivity contribution in [2.45, 2.75) is 45.1 Å². The van der Waals surface area contributed by atoms with Crippen LogP contribution < -0.4 is 5.32 Å². The second-order valence-electron chi connectivity index (χ2n) is 5.34. The van der Waals surface area contributed by atoms with Crippen molar-refractivity contribution in [3.05, 3.63) is 29.8 Å². The average Bonchev–Trinajstić information content (AvgIpc) is 3.29. The van der Waals surface area contributed by atoms with Gasteiger partial charge in [-0.15, -0.1) is 0 Å². The van der Waals surface area contributed by atoms with E-state index in [2.05, 4.69) is 12.2 Å². The van der Waals surface area contributed by atoms with Crippen LogP contribution in [0, 0.1) is 0 Å². The number of nitrogens with zero attached hydrogens (tertiary/aromatic N) is 1. The van der Waals surface area contributed by atoms with Crippen LogP contribution in [0.3, 0.4) is 0 Å². The monoisotopic (exact) mass is 276 g/mol. The third-order valence-electron chi connectivity index (χ3n) is 3.67. The van der Waals surface area contributed by atoms with Gasteiger partial charge in [0.15, 0.2) is 0 Å². The summed E-state index contributed by atoms with van der Waals surface area (Å²) in [5.74, 6) is 0. The molecule has 1 aliphatic rings. The SMILES string of the molecule is CCc1ccc(NC(=O)N(CCCCO)C2CC2)cc1. The number of carbonyl (C=O) groups excluding carboxylic acids is 1. The van der Waals surface area contributed by atoms with Crippen LogP contribution >= 0.6 is 0 Å². The Kier molecular flexibility index (Phi) is 5.41. The Hall–Kier alpha value is -1.55. The van der Waals surface area contributed by atoms with Gasteiger partial charge in [-0.1, -0.05) is 19.1 Å². The fourth-order valence-electron chi connectivity index (χ4n) is 2.25. The average molecular weight is 276 g/mol. The summed E-state index contributed by atoms with van der Waals surface area (Å²) in [6, 6.07) is 8.37. The summed E-state index contributed by atoms with van der Waals surface area (Å²) in [6.45, 7) is 3.03. The van der Waals surface area contributed by atoms with Crippen LogP contribution in [0.5, 0.6) is 0 Å². The molecule has 0 aliphatic heterocycles. The minimum atomic E-state index is -0.0188. The second kappa shape index (κ2) is 7.29. The number of carbonyl (C=O) groups is 1. The van der Waals surface area contributed by atoms with Crippen LogP contribution in [-0.2, 0) is 6.42 Å². The predicted molar refractivity (Wildman–Crippen MR) is 80.9 cm³/mol. The summed E-state index contributed by atoms with van der Waals surface area (Å²) >= 11 is 0. The molecule has 1 fully saturated rings. The Morgan fingerprint density at radius 3 is 2.55 bits per heavy atom. The number of benzene rings is 1. The first-order valence-electron chi connectivity index (χ1n) is 7.52. The van der Waals surface area contributed by atoms with Gasteiger partial charge in [0, 0.05) is 24.9 Å². The maximum absolute atomic E-state index is 12.3. The largest absolute Gasteiger partial charge is 0.396 e. The standard InChI is InChI=1S/C16H24N2O2/c1-2-13-5-7-14(8-6-13)17-16(20)18(15-9-10-15)11-3-4-12-19/h5-8,15,19H,2-4,9-12H2,1H3,(H,17,20). The van der Waals surface area contributed by atoms with Crippen LogP contribution in [0.4, 0.5) is 10.5 Å². The molecule has 1 aromatic carbocycles. The van der Waals surface area contributed by atoms with Gasteiger partial charge in [-0.2, -0.15) is 0 Å². The second-order valence-corrected chi connectivity index (χ2v) is 5.34. The van der Waals surface area contributed by atoms with Crippen molar-refractivity contribution in [2.24, 2.45) is 0 Å². The molecule has 4 heteroatoms. The molecule has 2 rings (SSSR count). The lowest BCUT2D eigenvalue weighted by Gasteiger charge is -2.22. The molecule has 0 heterocycles. The fraction of sp³-hybridized carbons (Fsp3) is 0.562. The highest BCUT2D eigenvalue weighted by atomic mass is 16.3. The molecule has 110 valence electrons. The van der Waals surface area contributed by atoms with Crippen molar-refractivity contribution in [1.29, 1.82) is 0 Å². The number of aliphatic hydroxyl groups excluding tert-OH is 1. The van der Waals surface area contributed by atoms with E-state index in [0.717, 1.165) is 44.3 Å². The number of aryl methyl sites for hydroxylation is 1. The molecule has 20 heavy (non-hydrogen) atoms. The normalized spacial score (nSPS) is 14.1. The Morgan fingerprint density at radius 1 is 1.30 bits per heavy atom. The highest BCUT2D eigenvalue weighted by molar-refractivity contribution is 5.89. The number of rotatable bonds is 7. The molecule has 0 aromatic heterocycles. The van der Waals surface area contributed by atoms with E-state index in [1.165, 1.54) is 5.56 Å². The summed E-state index contributed by atoms with van der Waals surface area (Å²) in [7, 11) is 0. The van der Waals surface area contributed by atoms with E-state index < -0.39 is 0 Å². The number of unbranched alkanes of at least 4 members (excludes halogenated alkanes) is 1. The predicted octanol–water partition coefficient (Wildman–Crippen LogP) is 3.02. The fourth-order valence-corrected chi connectivity index (χ4v) is 2.25. The first-order valence-corrected chi connectivity index (χ1v) is 7.52. The summed E-state index contributed by atoms with van der Waals surface area (Å²) in [5, 5.41) is 11.8. The summed E-state index contributed by atoms with van der Waals surface area (Å²) in [5.41, 5.74) is 2.12. The zero-order chi connectivity index (χ0) is 14.4. The van der Waals surface area contributed by atoms with Crippen LogP contribution in [-0.4, -0.2) is 35.2 Å². The third kappa shape index (κ3) is 4.23. The van der Waals surface area contributed by atoms with Crippen LogP contribution in [0.25, 0.3) is 0 Å². The van der Waals surface area contributed by atoms with Crippen molar-refractivity contribution < 1.29 is 9.90 Å². The van der Waals surface area contributed by atoms with Crippen LogP contribution in [0.1, 0.15) is 38.2 Å². The van der Waals surface area contributed by atoms with Gasteiger partial charge in [0.25, 0.3) is 0 Å². The number of hydrogen-bond acceptors (Lipinski definition) is 2. The van der Waals surface area contributed by atoms with Gasteiger partial charge < -0.3 is 15.3 Å². The van der Waals surface area contributed by atoms with Gasteiger partial charge in [0.1, 0.15) is 0 Å². The van der Waals surface area contributed by atoms with Gasteiger partial charge in [0.2, 0.25) is 0 Å². The molecule has 1 aromatic rings. The topological polar surface area (TPSA) is 52.6 Å². The zero-order valence-electron chi connectivity index (χ0n) is 12.1. The molecule has 2 amide bonds. The van der Waals surface area contributed by atoms with E-state index >= 15 is 0 Å². The van der Waals surface area contributed by atoms with Crippen molar-refractivity contribution in [3.8, 4) is 0 Å². The molecule has 0 atom stereocenters. The van der Waals surface area contributed by atoms with Gasteiger partial charge in [-0.05, 0) is 49.8 Å². The van der Waals surface area contributed by atoms with E-state index in [0.29, 0.717) is 6.04 Å². The lowest BCUT2D eigenvalue weighted by Crippen LogP contribution is -2.37. The number of nitrogens with one attached hydrogen (secondary N) is 1. The number of hydrogen-bond donors (Lipinski definition) is 2. The molecule has 0 bridgehead atoms. The highest BCUT2D eigenvalue weighted by Crippen LogP contribution is 2.27. The molecule has 1 aliphatic carbocycles. The first-order chi connectivity index (χ1) is 9.74. The van der Waals surface area contributed by atoms with Crippen molar-refractivity contribution in [1.82, 2.24) is 4.90 Å². The Balaban J connectivity index is 1.89. The molecule has 4 nitrogen and oxygen atoms in total. The molecule has 0 radical (unpaired) electrons. The Morgan fingerprint density at radius 2 is 2.00 bits per heavy atom. The smallest absolute Gasteiger partial charge is 0.322 e. The van der Waals surface area contributed by atoms with E-state index in [9.17, 15) is 4.79 Å². The number of aliphatic hydroxyl groups is 1. The molecule has 1 saturated carbocycles. The van der Waals surface area contributed by atoms with Gasteiger partial charge in [-0.25, -0.2) is 4.79 Å². The Bertz CT molecular complexity index is 427. The maximum Gasteiger partial charge on any atom is 0.322 e. The van der Waals surface area contributed by atoms with Crippen LogP contribution in [0.2, 0.25) is 0 Å². The first kappa shape index (κ1) is 14.9. The summed E-state index contributed by atoms with van der Waals surface area (Å²) < 4.78 is 0. The quantitative estimate of drug-likeness (QED) is 0.752. The molecule has 0 spiro atoms. The minimum Gasteiger partial charge on any atom is -0.396 e.